The number of aliphatic carboxylic acids is 1. The summed E-state index contributed by atoms with van der Waals surface area (Å²) in [5.74, 6) is -4.62. The van der Waals surface area contributed by atoms with Crippen LogP contribution in [0.15, 0.2) is 4.99 Å². The minimum absolute atomic E-state index is 0.0357. The molecule has 4 atom stereocenters. The summed E-state index contributed by atoms with van der Waals surface area (Å²) in [6.07, 6.45) is 0.943. The largest absolute Gasteiger partial charge is 0.480 e. The zero-order chi connectivity index (χ0) is 26.3. The van der Waals surface area contributed by atoms with E-state index in [-0.39, 0.29) is 31.8 Å². The molecule has 0 heterocycles. The molecule has 4 amide bonds. The van der Waals surface area contributed by atoms with Gasteiger partial charge in [0.25, 0.3) is 0 Å². The monoisotopic (exact) mass is 487 g/mol. The molecule has 0 aromatic rings. The minimum Gasteiger partial charge on any atom is -0.480 e. The van der Waals surface area contributed by atoms with Crippen molar-refractivity contribution in [2.24, 2.45) is 33.7 Å². The Labute approximate surface area is 197 Å². The van der Waals surface area contributed by atoms with Crippen LogP contribution in [0.2, 0.25) is 0 Å². The second-order valence-electron chi connectivity index (χ2n) is 7.71. The third kappa shape index (κ3) is 13.2. The van der Waals surface area contributed by atoms with Crippen molar-refractivity contribution in [3.05, 3.63) is 0 Å². The molecule has 0 fully saturated rings. The molecular weight excluding hydrogens is 450 g/mol. The van der Waals surface area contributed by atoms with Crippen LogP contribution in [-0.4, -0.2) is 77.9 Å². The minimum atomic E-state index is -1.39. The van der Waals surface area contributed by atoms with E-state index in [0.717, 1.165) is 0 Å². The van der Waals surface area contributed by atoms with Gasteiger partial charge in [-0.05, 0) is 45.6 Å². The number of carboxylic acid groups (broad SMARTS) is 1. The number of rotatable bonds is 17. The van der Waals surface area contributed by atoms with Crippen molar-refractivity contribution in [2.45, 2.75) is 69.6 Å². The Hall–Kier alpha value is -3.46. The van der Waals surface area contributed by atoms with Crippen LogP contribution in [0.1, 0.15) is 45.4 Å². The Bertz CT molecular complexity index is 740. The van der Waals surface area contributed by atoms with Gasteiger partial charge in [0.2, 0.25) is 23.6 Å². The third-order valence-corrected chi connectivity index (χ3v) is 4.59. The third-order valence-electron chi connectivity index (χ3n) is 4.59. The van der Waals surface area contributed by atoms with Crippen LogP contribution in [0.25, 0.3) is 0 Å². The molecule has 0 saturated heterocycles. The van der Waals surface area contributed by atoms with Gasteiger partial charge in [-0.2, -0.15) is 0 Å². The average molecular weight is 488 g/mol. The fourth-order valence-electron chi connectivity index (χ4n) is 2.78. The van der Waals surface area contributed by atoms with E-state index >= 15 is 0 Å². The molecule has 0 bridgehead atoms. The number of hydrogen-bond acceptors (Lipinski definition) is 8. The Morgan fingerprint density at radius 1 is 0.824 bits per heavy atom. The van der Waals surface area contributed by atoms with Crippen molar-refractivity contribution >= 4 is 35.6 Å². The Morgan fingerprint density at radius 3 is 1.85 bits per heavy atom. The summed E-state index contributed by atoms with van der Waals surface area (Å²) in [5.41, 5.74) is 26.6. The Morgan fingerprint density at radius 2 is 1.35 bits per heavy atom. The number of nitrogens with one attached hydrogen (secondary N) is 3. The quantitative estimate of drug-likeness (QED) is 0.0543. The molecule has 0 aromatic heterocycles. The van der Waals surface area contributed by atoms with Gasteiger partial charge in [0.1, 0.15) is 18.1 Å². The number of hydrogen-bond donors (Lipinski definition) is 9. The summed E-state index contributed by atoms with van der Waals surface area (Å²) in [5, 5.41) is 16.5. The highest BCUT2D eigenvalue weighted by Gasteiger charge is 2.30. The summed E-state index contributed by atoms with van der Waals surface area (Å²) in [6.45, 7) is 1.90. The summed E-state index contributed by atoms with van der Waals surface area (Å²) in [4.78, 5) is 64.2. The summed E-state index contributed by atoms with van der Waals surface area (Å²) >= 11 is 0. The first-order valence-electron chi connectivity index (χ1n) is 10.8. The number of aliphatic imine (C=N–C) groups is 1. The smallest absolute Gasteiger partial charge is 0.326 e. The normalized spacial score (nSPS) is 14.1. The van der Waals surface area contributed by atoms with Crippen LogP contribution in [0.5, 0.6) is 0 Å². The fourth-order valence-corrected chi connectivity index (χ4v) is 2.78. The predicted octanol–water partition coefficient (Wildman–Crippen LogP) is -4.07. The highest BCUT2D eigenvalue weighted by atomic mass is 16.4. The van der Waals surface area contributed by atoms with Crippen LogP contribution < -0.4 is 44.6 Å². The lowest BCUT2D eigenvalue weighted by Gasteiger charge is -2.24. The maximum atomic E-state index is 12.8. The first-order chi connectivity index (χ1) is 15.9. The summed E-state index contributed by atoms with van der Waals surface area (Å²) < 4.78 is 0. The van der Waals surface area contributed by atoms with Crippen LogP contribution in [0, 0.1) is 0 Å². The van der Waals surface area contributed by atoms with Gasteiger partial charge in [-0.15, -0.1) is 0 Å². The Balaban J connectivity index is 5.52. The molecule has 4 unspecified atom stereocenters. The van der Waals surface area contributed by atoms with E-state index in [1.54, 1.807) is 0 Å². The fraction of sp³-hybridized carbons (Fsp3) is 0.684. The predicted molar refractivity (Wildman–Crippen MR) is 124 cm³/mol. The molecule has 15 heteroatoms. The van der Waals surface area contributed by atoms with Crippen LogP contribution in [0.4, 0.5) is 0 Å². The molecule has 0 aliphatic carbocycles. The summed E-state index contributed by atoms with van der Waals surface area (Å²) in [7, 11) is 0. The number of nitrogens with two attached hydrogens (primary N) is 5. The molecular formula is C19H37N9O6. The molecule has 34 heavy (non-hydrogen) atoms. The van der Waals surface area contributed by atoms with Crippen molar-refractivity contribution in [2.75, 3.05) is 13.1 Å². The second-order valence-corrected chi connectivity index (χ2v) is 7.71. The molecule has 0 aromatic carbocycles. The standard InChI is InChI=1S/C19H37N9O6/c1-10(21)15(30)28-13(9-14(22)29)17(32)26-11(6-4-8-25-19(23)24)16(31)27-12(18(33)34)5-2-3-7-20/h10-13H,2-9,20-21H2,1H3,(H2,22,29)(H,26,32)(H,27,31)(H,28,30)(H,33,34)(H4,23,24,25). The highest BCUT2D eigenvalue weighted by molar-refractivity contribution is 5.96. The van der Waals surface area contributed by atoms with E-state index in [1.807, 2.05) is 0 Å². The van der Waals surface area contributed by atoms with Crippen molar-refractivity contribution in [1.29, 1.82) is 0 Å². The Kier molecular flexibility index (Phi) is 14.6. The number of carbonyl (C=O) groups is 5. The number of carbonyl (C=O) groups excluding carboxylic acids is 4. The van der Waals surface area contributed by atoms with Crippen molar-refractivity contribution < 1.29 is 29.1 Å². The first-order valence-corrected chi connectivity index (χ1v) is 10.8. The van der Waals surface area contributed by atoms with Gasteiger partial charge < -0.3 is 49.7 Å². The lowest BCUT2D eigenvalue weighted by molar-refractivity contribution is -0.142. The molecule has 0 aliphatic heterocycles. The molecule has 14 N–H and O–H groups in total. The van der Waals surface area contributed by atoms with E-state index < -0.39 is 60.2 Å². The van der Waals surface area contributed by atoms with Crippen molar-refractivity contribution in [3.8, 4) is 0 Å². The van der Waals surface area contributed by atoms with Crippen molar-refractivity contribution in [1.82, 2.24) is 16.0 Å². The van der Waals surface area contributed by atoms with Crippen molar-refractivity contribution in [3.63, 3.8) is 0 Å². The van der Waals surface area contributed by atoms with Gasteiger partial charge in [-0.25, -0.2) is 4.79 Å². The first kappa shape index (κ1) is 30.5. The molecule has 0 spiro atoms. The highest BCUT2D eigenvalue weighted by Crippen LogP contribution is 2.05. The molecule has 0 rings (SSSR count). The van der Waals surface area contributed by atoms with E-state index in [9.17, 15) is 29.1 Å². The van der Waals surface area contributed by atoms with Crippen LogP contribution in [-0.2, 0) is 24.0 Å². The lowest BCUT2D eigenvalue weighted by Crippen LogP contribution is -2.57. The number of unbranched alkanes of at least 4 members (excludes halogenated alkanes) is 1. The maximum Gasteiger partial charge on any atom is 0.326 e. The molecule has 194 valence electrons. The average Bonchev–Trinajstić information content (AvgIpc) is 2.73. The molecule has 0 aliphatic rings. The van der Waals surface area contributed by atoms with Gasteiger partial charge in [-0.1, -0.05) is 0 Å². The van der Waals surface area contributed by atoms with E-state index in [0.29, 0.717) is 19.4 Å². The number of guanidine groups is 1. The number of amides is 4. The zero-order valence-electron chi connectivity index (χ0n) is 19.3. The number of carboxylic acids is 1. The topological polar surface area (TPSA) is 284 Å². The zero-order valence-corrected chi connectivity index (χ0v) is 19.3. The molecule has 0 saturated carbocycles. The van der Waals surface area contributed by atoms with E-state index in [1.165, 1.54) is 6.92 Å². The maximum absolute atomic E-state index is 12.8. The van der Waals surface area contributed by atoms with Gasteiger partial charge >= 0.3 is 5.97 Å². The number of primary amides is 1. The van der Waals surface area contributed by atoms with E-state index in [4.69, 9.17) is 28.7 Å². The van der Waals surface area contributed by atoms with Gasteiger partial charge in [0.15, 0.2) is 5.96 Å². The molecule has 0 radical (unpaired) electrons. The van der Waals surface area contributed by atoms with Gasteiger partial charge in [0.05, 0.1) is 12.5 Å². The van der Waals surface area contributed by atoms with Gasteiger partial charge in [0, 0.05) is 6.54 Å². The van der Waals surface area contributed by atoms with E-state index in [2.05, 4.69) is 20.9 Å². The molecule has 15 nitrogen and oxygen atoms in total. The van der Waals surface area contributed by atoms with Crippen LogP contribution >= 0.6 is 0 Å². The van der Waals surface area contributed by atoms with Gasteiger partial charge in [-0.3, -0.25) is 24.2 Å². The summed E-state index contributed by atoms with van der Waals surface area (Å²) in [6, 6.07) is -4.76. The second kappa shape index (κ2) is 16.2. The van der Waals surface area contributed by atoms with Crippen LogP contribution in [0.3, 0.4) is 0 Å². The SMILES string of the molecule is CC(N)C(=O)NC(CC(N)=O)C(=O)NC(CCCN=C(N)N)C(=O)NC(CCCCN)C(=O)O. The number of nitrogens with zero attached hydrogens (tertiary/aromatic N) is 1. The lowest BCUT2D eigenvalue weighted by atomic mass is 10.1.